The molecule has 3 nitrogen and oxygen atoms in total. The van der Waals surface area contributed by atoms with Crippen molar-refractivity contribution in [1.82, 2.24) is 9.88 Å². The second kappa shape index (κ2) is 5.25. The highest BCUT2D eigenvalue weighted by atomic mass is 32.1. The van der Waals surface area contributed by atoms with Crippen molar-refractivity contribution in [3.63, 3.8) is 0 Å². The van der Waals surface area contributed by atoms with Gasteiger partial charge in [-0.25, -0.2) is 4.98 Å². The maximum atomic E-state index is 5.86. The summed E-state index contributed by atoms with van der Waals surface area (Å²) in [7, 11) is 0. The Labute approximate surface area is 102 Å². The summed E-state index contributed by atoms with van der Waals surface area (Å²) in [6.07, 6.45) is 4.55. The van der Waals surface area contributed by atoms with Gasteiger partial charge in [0.05, 0.1) is 5.01 Å². The minimum Gasteiger partial charge on any atom is -0.329 e. The molecule has 90 valence electrons. The number of nitrogens with two attached hydrogens (primary N) is 1. The van der Waals surface area contributed by atoms with E-state index in [2.05, 4.69) is 23.7 Å². The summed E-state index contributed by atoms with van der Waals surface area (Å²) in [5, 5.41) is 1.16. The molecule has 1 fully saturated rings. The van der Waals surface area contributed by atoms with Gasteiger partial charge < -0.3 is 5.73 Å². The van der Waals surface area contributed by atoms with Crippen LogP contribution in [0.1, 0.15) is 29.7 Å². The van der Waals surface area contributed by atoms with Crippen LogP contribution in [-0.2, 0) is 6.54 Å². The summed E-state index contributed by atoms with van der Waals surface area (Å²) in [6.45, 7) is 7.38. The fraction of sp³-hybridized carbons (Fsp3) is 0.750. The molecule has 0 radical (unpaired) electrons. The van der Waals surface area contributed by atoms with Gasteiger partial charge >= 0.3 is 0 Å². The molecule has 1 aliphatic heterocycles. The van der Waals surface area contributed by atoms with Crippen molar-refractivity contribution in [2.45, 2.75) is 39.3 Å². The molecule has 2 heterocycles. The lowest BCUT2D eigenvalue weighted by atomic mass is 9.92. The summed E-state index contributed by atoms with van der Waals surface area (Å²) >= 11 is 1.80. The number of aryl methyl sites for hydroxylation is 1. The monoisotopic (exact) mass is 239 g/mol. The molecule has 2 N–H and O–H groups in total. The van der Waals surface area contributed by atoms with Gasteiger partial charge in [-0.3, -0.25) is 4.90 Å². The Morgan fingerprint density at radius 2 is 2.44 bits per heavy atom. The quantitative estimate of drug-likeness (QED) is 0.877. The summed E-state index contributed by atoms with van der Waals surface area (Å²) in [5.74, 6) is 0.827. The average molecular weight is 239 g/mol. The number of aromatic nitrogens is 1. The third-order valence-corrected chi connectivity index (χ3v) is 4.30. The Morgan fingerprint density at radius 3 is 3.06 bits per heavy atom. The zero-order valence-electron chi connectivity index (χ0n) is 10.1. The summed E-state index contributed by atoms with van der Waals surface area (Å²) < 4.78 is 0. The third-order valence-electron chi connectivity index (χ3n) is 3.40. The van der Waals surface area contributed by atoms with Crippen molar-refractivity contribution in [3.8, 4) is 0 Å². The van der Waals surface area contributed by atoms with Gasteiger partial charge in [0.15, 0.2) is 0 Å². The lowest BCUT2D eigenvalue weighted by Crippen LogP contribution is -2.45. The first-order chi connectivity index (χ1) is 7.69. The van der Waals surface area contributed by atoms with Crippen LogP contribution in [0.15, 0.2) is 6.20 Å². The zero-order chi connectivity index (χ0) is 11.5. The molecule has 0 spiro atoms. The number of piperidine rings is 1. The van der Waals surface area contributed by atoms with Crippen molar-refractivity contribution in [3.05, 3.63) is 16.1 Å². The van der Waals surface area contributed by atoms with E-state index in [-0.39, 0.29) is 0 Å². The van der Waals surface area contributed by atoms with Crippen molar-refractivity contribution in [1.29, 1.82) is 0 Å². The molecule has 2 rings (SSSR count). The zero-order valence-corrected chi connectivity index (χ0v) is 11.0. The van der Waals surface area contributed by atoms with Crippen LogP contribution in [0.25, 0.3) is 0 Å². The van der Waals surface area contributed by atoms with Gasteiger partial charge in [-0.1, -0.05) is 6.92 Å². The molecule has 1 aliphatic rings. The van der Waals surface area contributed by atoms with Crippen LogP contribution in [0, 0.1) is 12.8 Å². The maximum absolute atomic E-state index is 5.86. The van der Waals surface area contributed by atoms with Crippen LogP contribution >= 0.6 is 11.3 Å². The molecule has 1 aromatic rings. The summed E-state index contributed by atoms with van der Waals surface area (Å²) in [4.78, 5) is 8.20. The summed E-state index contributed by atoms with van der Waals surface area (Å²) in [5.41, 5.74) is 5.86. The molecule has 0 amide bonds. The van der Waals surface area contributed by atoms with E-state index in [1.54, 1.807) is 11.3 Å². The molecule has 0 aromatic carbocycles. The van der Waals surface area contributed by atoms with Gasteiger partial charge in [0.1, 0.15) is 0 Å². The van der Waals surface area contributed by atoms with E-state index in [9.17, 15) is 0 Å². The molecule has 1 aromatic heterocycles. The Bertz CT molecular complexity index is 337. The first-order valence-electron chi connectivity index (χ1n) is 6.04. The molecule has 0 saturated carbocycles. The first kappa shape index (κ1) is 12.0. The SMILES string of the molecule is Cc1ncc(CN2CCC(C)CC2CN)s1. The van der Waals surface area contributed by atoms with E-state index in [0.29, 0.717) is 6.04 Å². The van der Waals surface area contributed by atoms with Crippen molar-refractivity contribution >= 4 is 11.3 Å². The summed E-state index contributed by atoms with van der Waals surface area (Å²) in [6, 6.07) is 0.561. The van der Waals surface area contributed by atoms with E-state index < -0.39 is 0 Å². The van der Waals surface area contributed by atoms with Gasteiger partial charge in [-0.2, -0.15) is 0 Å². The van der Waals surface area contributed by atoms with E-state index in [0.717, 1.165) is 24.0 Å². The van der Waals surface area contributed by atoms with Crippen LogP contribution in [0.5, 0.6) is 0 Å². The predicted molar refractivity (Wildman–Crippen MR) is 68.5 cm³/mol. The number of rotatable bonds is 3. The van der Waals surface area contributed by atoms with E-state index in [4.69, 9.17) is 5.73 Å². The molecule has 0 aliphatic carbocycles. The topological polar surface area (TPSA) is 42.2 Å². The Balaban J connectivity index is 1.97. The largest absolute Gasteiger partial charge is 0.329 e. The standard InChI is InChI=1S/C12H21N3S/c1-9-3-4-15(11(5-9)6-13)8-12-7-14-10(2)16-12/h7,9,11H,3-6,8,13H2,1-2H3. The van der Waals surface area contributed by atoms with Crippen molar-refractivity contribution < 1.29 is 0 Å². The van der Waals surface area contributed by atoms with Crippen molar-refractivity contribution in [2.24, 2.45) is 11.7 Å². The van der Waals surface area contributed by atoms with E-state index in [1.807, 2.05) is 6.20 Å². The van der Waals surface area contributed by atoms with E-state index >= 15 is 0 Å². The Hall–Kier alpha value is -0.450. The molecular formula is C12H21N3S. The average Bonchev–Trinajstić information content (AvgIpc) is 2.67. The third kappa shape index (κ3) is 2.81. The van der Waals surface area contributed by atoms with Crippen LogP contribution < -0.4 is 5.73 Å². The molecule has 16 heavy (non-hydrogen) atoms. The van der Waals surface area contributed by atoms with Gasteiger partial charge in [0.2, 0.25) is 0 Å². The second-order valence-corrected chi connectivity index (χ2v) is 6.15. The fourth-order valence-electron chi connectivity index (χ4n) is 2.43. The normalized spacial score (nSPS) is 27.2. The minimum absolute atomic E-state index is 0.561. The van der Waals surface area contributed by atoms with Crippen LogP contribution in [0.4, 0.5) is 0 Å². The highest BCUT2D eigenvalue weighted by Gasteiger charge is 2.25. The number of hydrogen-bond acceptors (Lipinski definition) is 4. The minimum atomic E-state index is 0.561. The first-order valence-corrected chi connectivity index (χ1v) is 6.86. The van der Waals surface area contributed by atoms with Gasteiger partial charge in [0, 0.05) is 30.2 Å². The lowest BCUT2D eigenvalue weighted by Gasteiger charge is -2.37. The molecule has 1 saturated heterocycles. The molecule has 2 unspecified atom stereocenters. The highest BCUT2D eigenvalue weighted by Crippen LogP contribution is 2.24. The second-order valence-electron chi connectivity index (χ2n) is 4.84. The molecule has 2 atom stereocenters. The highest BCUT2D eigenvalue weighted by molar-refractivity contribution is 7.11. The Kier molecular flexibility index (Phi) is 3.95. The number of hydrogen-bond donors (Lipinski definition) is 1. The number of thiazole rings is 1. The maximum Gasteiger partial charge on any atom is 0.0897 e. The number of nitrogens with zero attached hydrogens (tertiary/aromatic N) is 2. The molecule has 4 heteroatoms. The smallest absolute Gasteiger partial charge is 0.0897 e. The fourth-order valence-corrected chi connectivity index (χ4v) is 3.25. The van der Waals surface area contributed by atoms with E-state index in [1.165, 1.54) is 24.3 Å². The van der Waals surface area contributed by atoms with Gasteiger partial charge in [-0.05, 0) is 32.2 Å². The van der Waals surface area contributed by atoms with Crippen LogP contribution in [0.3, 0.4) is 0 Å². The lowest BCUT2D eigenvalue weighted by molar-refractivity contribution is 0.116. The van der Waals surface area contributed by atoms with Crippen molar-refractivity contribution in [2.75, 3.05) is 13.1 Å². The molecule has 0 bridgehead atoms. The molecular weight excluding hydrogens is 218 g/mol. The Morgan fingerprint density at radius 1 is 1.62 bits per heavy atom. The number of likely N-dealkylation sites (tertiary alicyclic amines) is 1. The van der Waals surface area contributed by atoms with Gasteiger partial charge in [0.25, 0.3) is 0 Å². The van der Waals surface area contributed by atoms with Crippen LogP contribution in [0.2, 0.25) is 0 Å². The van der Waals surface area contributed by atoms with Crippen LogP contribution in [-0.4, -0.2) is 29.0 Å². The predicted octanol–water partition coefficient (Wildman–Crippen LogP) is 2.01. The van der Waals surface area contributed by atoms with Gasteiger partial charge in [-0.15, -0.1) is 11.3 Å².